The van der Waals surface area contributed by atoms with Crippen LogP contribution in [0.25, 0.3) is 11.5 Å². The minimum atomic E-state index is -1.14. The van der Waals surface area contributed by atoms with Crippen molar-refractivity contribution in [2.24, 2.45) is 0 Å². The Morgan fingerprint density at radius 1 is 1.10 bits per heavy atom. The molecule has 2 aromatic rings. The Bertz CT molecular complexity index is 687. The Balaban J connectivity index is 0.000000975. The van der Waals surface area contributed by atoms with Crippen molar-refractivity contribution in [3.8, 4) is 11.5 Å². The molecule has 1 heterocycles. The fourth-order valence-corrected chi connectivity index (χ4v) is 1.56. The smallest absolute Gasteiger partial charge is 0.407 e. The van der Waals surface area contributed by atoms with Crippen LogP contribution in [0.15, 0.2) is 34.7 Å². The van der Waals surface area contributed by atoms with Crippen LogP contribution in [0.2, 0.25) is 0 Å². The van der Waals surface area contributed by atoms with Crippen LogP contribution in [0.3, 0.4) is 0 Å². The first-order valence-electron chi connectivity index (χ1n) is 9.93. The molecule has 162 valence electrons. The summed E-state index contributed by atoms with van der Waals surface area (Å²) in [6.07, 6.45) is 3.33. The first-order valence-corrected chi connectivity index (χ1v) is 9.93. The lowest BCUT2D eigenvalue weighted by Gasteiger charge is -2.08. The van der Waals surface area contributed by atoms with E-state index >= 15 is 0 Å². The molecule has 8 heteroatoms. The van der Waals surface area contributed by atoms with Crippen LogP contribution in [-0.2, 0) is 16.0 Å². The number of benzene rings is 1. The Kier molecular flexibility index (Phi) is 14.5. The molecule has 8 nitrogen and oxygen atoms in total. The van der Waals surface area contributed by atoms with Crippen molar-refractivity contribution in [1.29, 1.82) is 0 Å². The van der Waals surface area contributed by atoms with Gasteiger partial charge in [0.05, 0.1) is 6.42 Å². The molecule has 1 aromatic carbocycles. The van der Waals surface area contributed by atoms with Gasteiger partial charge in [-0.05, 0) is 19.1 Å². The molecule has 0 spiro atoms. The molecule has 1 atom stereocenters. The lowest BCUT2D eigenvalue weighted by Crippen LogP contribution is -2.38. The van der Waals surface area contributed by atoms with Gasteiger partial charge in [0, 0.05) is 5.56 Å². The molecular formula is C21H33N3O5. The Morgan fingerprint density at radius 2 is 1.69 bits per heavy atom. The number of hydrogen-bond acceptors (Lipinski definition) is 6. The van der Waals surface area contributed by atoms with E-state index < -0.39 is 18.1 Å². The number of carbonyl (C=O) groups is 2. The Labute approximate surface area is 172 Å². The zero-order chi connectivity index (χ0) is 22.1. The SMILES string of the molecule is CC(NC(=O)OCCc1nnc(-c2ccccc2)o1)C(=O)O.CCC.CCCC. The molecule has 0 radical (unpaired) electrons. The van der Waals surface area contributed by atoms with Gasteiger partial charge in [-0.15, -0.1) is 10.2 Å². The van der Waals surface area contributed by atoms with Gasteiger partial charge in [0.15, 0.2) is 0 Å². The second-order valence-electron chi connectivity index (χ2n) is 6.16. The second-order valence-corrected chi connectivity index (χ2v) is 6.16. The van der Waals surface area contributed by atoms with Crippen molar-refractivity contribution in [3.63, 3.8) is 0 Å². The first-order chi connectivity index (χ1) is 13.9. The Morgan fingerprint density at radius 3 is 2.21 bits per heavy atom. The van der Waals surface area contributed by atoms with Crippen molar-refractivity contribution in [2.75, 3.05) is 6.61 Å². The molecule has 1 amide bonds. The van der Waals surface area contributed by atoms with E-state index in [0.29, 0.717) is 11.8 Å². The molecule has 2 rings (SSSR count). The number of amides is 1. The van der Waals surface area contributed by atoms with Crippen LogP contribution in [0.5, 0.6) is 0 Å². The van der Waals surface area contributed by atoms with Gasteiger partial charge >= 0.3 is 12.1 Å². The second kappa shape index (κ2) is 16.1. The quantitative estimate of drug-likeness (QED) is 0.683. The van der Waals surface area contributed by atoms with E-state index in [1.165, 1.54) is 26.2 Å². The van der Waals surface area contributed by atoms with Gasteiger partial charge in [-0.3, -0.25) is 4.79 Å². The summed E-state index contributed by atoms with van der Waals surface area (Å²) in [7, 11) is 0. The van der Waals surface area contributed by atoms with E-state index in [4.69, 9.17) is 14.3 Å². The van der Waals surface area contributed by atoms with Gasteiger partial charge in [-0.1, -0.05) is 65.2 Å². The van der Waals surface area contributed by atoms with Crippen molar-refractivity contribution in [3.05, 3.63) is 36.2 Å². The highest BCUT2D eigenvalue weighted by Gasteiger charge is 2.15. The maximum absolute atomic E-state index is 11.3. The number of aliphatic carboxylic acids is 1. The van der Waals surface area contributed by atoms with Crippen LogP contribution in [0.1, 0.15) is 59.8 Å². The molecule has 0 saturated heterocycles. The molecule has 0 fully saturated rings. The first kappa shape index (κ1) is 26.1. The highest BCUT2D eigenvalue weighted by molar-refractivity contribution is 5.79. The fraction of sp³-hybridized carbons (Fsp3) is 0.524. The molecule has 0 bridgehead atoms. The number of carboxylic acids is 1. The van der Waals surface area contributed by atoms with Crippen LogP contribution < -0.4 is 5.32 Å². The lowest BCUT2D eigenvalue weighted by atomic mass is 10.2. The summed E-state index contributed by atoms with van der Waals surface area (Å²) in [6.45, 7) is 9.96. The summed E-state index contributed by atoms with van der Waals surface area (Å²) in [5.41, 5.74) is 0.801. The molecular weight excluding hydrogens is 374 g/mol. The number of carboxylic acid groups (broad SMARTS) is 1. The number of nitrogens with zero attached hydrogens (tertiary/aromatic N) is 2. The fourth-order valence-electron chi connectivity index (χ4n) is 1.56. The highest BCUT2D eigenvalue weighted by atomic mass is 16.5. The van der Waals surface area contributed by atoms with E-state index in [-0.39, 0.29) is 13.0 Å². The van der Waals surface area contributed by atoms with Gasteiger partial charge in [0.25, 0.3) is 0 Å². The largest absolute Gasteiger partial charge is 0.480 e. The van der Waals surface area contributed by atoms with Gasteiger partial charge in [0.2, 0.25) is 11.8 Å². The van der Waals surface area contributed by atoms with Gasteiger partial charge in [-0.2, -0.15) is 0 Å². The molecule has 2 N–H and O–H groups in total. The van der Waals surface area contributed by atoms with Crippen LogP contribution >= 0.6 is 0 Å². The summed E-state index contributed by atoms with van der Waals surface area (Å²) in [5, 5.41) is 18.6. The summed E-state index contributed by atoms with van der Waals surface area (Å²) in [6, 6.07) is 8.27. The predicted octanol–water partition coefficient (Wildman–Crippen LogP) is 4.70. The third kappa shape index (κ3) is 12.2. The molecule has 29 heavy (non-hydrogen) atoms. The van der Waals surface area contributed by atoms with E-state index in [0.717, 1.165) is 5.56 Å². The maximum Gasteiger partial charge on any atom is 0.407 e. The molecule has 0 saturated carbocycles. The minimum absolute atomic E-state index is 0.00853. The van der Waals surface area contributed by atoms with E-state index in [2.05, 4.69) is 43.2 Å². The normalized spacial score (nSPS) is 10.5. The predicted molar refractivity (Wildman–Crippen MR) is 112 cm³/mol. The van der Waals surface area contributed by atoms with Gasteiger partial charge in [0.1, 0.15) is 12.6 Å². The molecule has 0 aliphatic heterocycles. The average Bonchev–Trinajstić information content (AvgIpc) is 3.18. The highest BCUT2D eigenvalue weighted by Crippen LogP contribution is 2.16. The Hall–Kier alpha value is -2.90. The summed E-state index contributed by atoms with van der Waals surface area (Å²) < 4.78 is 10.3. The molecule has 1 aromatic heterocycles. The van der Waals surface area contributed by atoms with Crippen molar-refractivity contribution in [2.45, 2.75) is 66.3 Å². The number of rotatable bonds is 7. The number of hydrogen-bond donors (Lipinski definition) is 2. The lowest BCUT2D eigenvalue weighted by molar-refractivity contribution is -0.138. The van der Waals surface area contributed by atoms with E-state index in [9.17, 15) is 9.59 Å². The van der Waals surface area contributed by atoms with Crippen molar-refractivity contribution < 1.29 is 23.8 Å². The van der Waals surface area contributed by atoms with E-state index in [1.54, 1.807) is 0 Å². The zero-order valence-corrected chi connectivity index (χ0v) is 18.0. The van der Waals surface area contributed by atoms with Gasteiger partial charge < -0.3 is 19.6 Å². The molecule has 1 unspecified atom stereocenters. The topological polar surface area (TPSA) is 115 Å². The van der Waals surface area contributed by atoms with E-state index in [1.807, 2.05) is 30.3 Å². The average molecular weight is 408 g/mol. The van der Waals surface area contributed by atoms with Crippen LogP contribution in [-0.4, -0.2) is 40.0 Å². The minimum Gasteiger partial charge on any atom is -0.480 e. The third-order valence-electron chi connectivity index (χ3n) is 3.24. The standard InChI is InChI=1S/C14H15N3O5.C4H10.C3H8/c1-9(13(18)19)15-14(20)21-8-7-11-16-17-12(22-11)10-5-3-2-4-6-10;1-3-4-2;1-3-2/h2-6,9H,7-8H2,1H3,(H,15,20)(H,18,19);3-4H2,1-2H3;3H2,1-2H3. The number of aromatic nitrogens is 2. The molecule has 0 aliphatic carbocycles. The number of nitrogens with one attached hydrogen (secondary N) is 1. The number of ether oxygens (including phenoxy) is 1. The zero-order valence-electron chi connectivity index (χ0n) is 18.0. The maximum atomic E-state index is 11.3. The monoisotopic (exact) mass is 407 g/mol. The summed E-state index contributed by atoms with van der Waals surface area (Å²) >= 11 is 0. The number of alkyl carbamates (subject to hydrolysis) is 1. The van der Waals surface area contributed by atoms with Crippen LogP contribution in [0, 0.1) is 0 Å². The van der Waals surface area contributed by atoms with Crippen LogP contribution in [0.4, 0.5) is 4.79 Å². The number of unbranched alkanes of at least 4 members (excludes halogenated alkanes) is 1. The van der Waals surface area contributed by atoms with Crippen molar-refractivity contribution in [1.82, 2.24) is 15.5 Å². The third-order valence-corrected chi connectivity index (χ3v) is 3.24. The van der Waals surface area contributed by atoms with Gasteiger partial charge in [-0.25, -0.2) is 4.79 Å². The summed E-state index contributed by atoms with van der Waals surface area (Å²) in [5.74, 6) is -0.418. The summed E-state index contributed by atoms with van der Waals surface area (Å²) in [4.78, 5) is 21.9. The van der Waals surface area contributed by atoms with Crippen molar-refractivity contribution >= 4 is 12.1 Å². The molecule has 0 aliphatic rings. The number of carbonyl (C=O) groups excluding carboxylic acids is 1.